The molecule has 10 heteroatoms. The monoisotopic (exact) mass is 448 g/mol. The van der Waals surface area contributed by atoms with Crippen LogP contribution in [0.25, 0.3) is 22.4 Å². The first kappa shape index (κ1) is 22.1. The zero-order valence-electron chi connectivity index (χ0n) is 17.7. The molecule has 2 aromatic heterocycles. The fraction of sp³-hybridized carbons (Fsp3) is 0.409. The summed E-state index contributed by atoms with van der Waals surface area (Å²) in [6.07, 6.45) is -3.03. The van der Waals surface area contributed by atoms with Crippen LogP contribution in [0.1, 0.15) is 48.6 Å². The minimum absolute atomic E-state index is 0.0333. The minimum atomic E-state index is -4.61. The summed E-state index contributed by atoms with van der Waals surface area (Å²) in [7, 11) is 0. The van der Waals surface area contributed by atoms with Crippen molar-refractivity contribution in [3.05, 3.63) is 41.4 Å². The molecule has 0 bridgehead atoms. The number of nitrogens with two attached hydrogens (primary N) is 1. The van der Waals surface area contributed by atoms with Crippen LogP contribution in [0.4, 0.5) is 13.2 Å². The molecule has 1 saturated heterocycles. The Bertz CT molecular complexity index is 1150. The summed E-state index contributed by atoms with van der Waals surface area (Å²) in [5.41, 5.74) is 5.30. The normalized spacial score (nSPS) is 14.5. The third-order valence-corrected chi connectivity index (χ3v) is 5.18. The van der Waals surface area contributed by atoms with Gasteiger partial charge in [0.05, 0.1) is 12.6 Å². The molecule has 1 amide bonds. The third-order valence-electron chi connectivity index (χ3n) is 5.18. The SMILES string of the molecule is CC(C)Oc1ccc(-c2nc(C(=O)N3CCCC3)c(CN)o2)c2ccc(C(F)(F)F)nc12. The number of hydrogen-bond acceptors (Lipinski definition) is 6. The molecule has 0 unspecified atom stereocenters. The quantitative estimate of drug-likeness (QED) is 0.622. The molecule has 1 fully saturated rings. The number of pyridine rings is 1. The van der Waals surface area contributed by atoms with Crippen molar-refractivity contribution < 1.29 is 27.1 Å². The van der Waals surface area contributed by atoms with Crippen LogP contribution in [0, 0.1) is 0 Å². The van der Waals surface area contributed by atoms with Gasteiger partial charge in [-0.15, -0.1) is 0 Å². The van der Waals surface area contributed by atoms with E-state index in [9.17, 15) is 18.0 Å². The number of carbonyl (C=O) groups is 1. The summed E-state index contributed by atoms with van der Waals surface area (Å²) in [6, 6.07) is 5.36. The second-order valence-electron chi connectivity index (χ2n) is 7.86. The highest BCUT2D eigenvalue weighted by Crippen LogP contribution is 2.37. The van der Waals surface area contributed by atoms with E-state index in [1.54, 1.807) is 24.8 Å². The van der Waals surface area contributed by atoms with Crippen LogP contribution in [-0.2, 0) is 12.7 Å². The molecule has 1 aliphatic rings. The maximum absolute atomic E-state index is 13.3. The van der Waals surface area contributed by atoms with Gasteiger partial charge in [-0.1, -0.05) is 0 Å². The number of ether oxygens (including phenoxy) is 1. The van der Waals surface area contributed by atoms with Crippen LogP contribution < -0.4 is 10.5 Å². The van der Waals surface area contributed by atoms with Crippen LogP contribution in [-0.4, -0.2) is 40.0 Å². The van der Waals surface area contributed by atoms with E-state index in [0.29, 0.717) is 24.0 Å². The molecule has 0 radical (unpaired) electrons. The Morgan fingerprint density at radius 1 is 1.19 bits per heavy atom. The zero-order chi connectivity index (χ0) is 23.0. The van der Waals surface area contributed by atoms with Crippen molar-refractivity contribution in [2.45, 2.75) is 45.5 Å². The summed E-state index contributed by atoms with van der Waals surface area (Å²) in [5, 5.41) is 0.362. The van der Waals surface area contributed by atoms with E-state index in [1.165, 1.54) is 12.1 Å². The number of alkyl halides is 3. The standard InChI is InChI=1S/C22H23F3N4O3/c1-12(2)31-15-7-5-14(13-6-8-17(22(23,24)25)27-18(13)15)20-28-19(16(11-26)32-20)21(30)29-9-3-4-10-29/h5-8,12H,3-4,9-11,26H2,1-2H3. The topological polar surface area (TPSA) is 94.5 Å². The average Bonchev–Trinajstić information content (AvgIpc) is 3.42. The molecule has 0 atom stereocenters. The van der Waals surface area contributed by atoms with E-state index >= 15 is 0 Å². The highest BCUT2D eigenvalue weighted by atomic mass is 19.4. The van der Waals surface area contributed by atoms with Crippen molar-refractivity contribution in [1.29, 1.82) is 0 Å². The number of oxazole rings is 1. The molecule has 1 aliphatic heterocycles. The Balaban J connectivity index is 1.85. The first-order chi connectivity index (χ1) is 15.2. The summed E-state index contributed by atoms with van der Waals surface area (Å²) in [6.45, 7) is 4.78. The number of nitrogens with zero attached hydrogens (tertiary/aromatic N) is 3. The van der Waals surface area contributed by atoms with Gasteiger partial charge in [0.15, 0.2) is 11.5 Å². The molecule has 3 aromatic rings. The van der Waals surface area contributed by atoms with Crippen molar-refractivity contribution in [2.75, 3.05) is 13.1 Å². The Kier molecular flexibility index (Phi) is 5.81. The summed E-state index contributed by atoms with van der Waals surface area (Å²) >= 11 is 0. The van der Waals surface area contributed by atoms with E-state index in [1.807, 2.05) is 0 Å². The molecule has 0 aliphatic carbocycles. The Morgan fingerprint density at radius 3 is 2.53 bits per heavy atom. The van der Waals surface area contributed by atoms with Gasteiger partial charge in [0.25, 0.3) is 5.91 Å². The Labute approximate surface area is 182 Å². The van der Waals surface area contributed by atoms with Crippen LogP contribution in [0.5, 0.6) is 5.75 Å². The summed E-state index contributed by atoms with van der Waals surface area (Å²) in [4.78, 5) is 22.7. The molecule has 0 spiro atoms. The second-order valence-corrected chi connectivity index (χ2v) is 7.86. The van der Waals surface area contributed by atoms with Crippen molar-refractivity contribution in [2.24, 2.45) is 5.73 Å². The smallest absolute Gasteiger partial charge is 0.433 e. The molecule has 1 aromatic carbocycles. The zero-order valence-corrected chi connectivity index (χ0v) is 17.7. The van der Waals surface area contributed by atoms with Crippen molar-refractivity contribution >= 4 is 16.8 Å². The number of rotatable bonds is 5. The lowest BCUT2D eigenvalue weighted by atomic mass is 10.1. The Morgan fingerprint density at radius 2 is 1.91 bits per heavy atom. The predicted molar refractivity (Wildman–Crippen MR) is 111 cm³/mol. The van der Waals surface area contributed by atoms with Gasteiger partial charge < -0.3 is 19.8 Å². The van der Waals surface area contributed by atoms with Gasteiger partial charge in [0.1, 0.15) is 17.0 Å². The summed E-state index contributed by atoms with van der Waals surface area (Å²) < 4.78 is 51.3. The van der Waals surface area contributed by atoms with Crippen LogP contribution >= 0.6 is 0 Å². The van der Waals surface area contributed by atoms with E-state index in [2.05, 4.69) is 9.97 Å². The van der Waals surface area contributed by atoms with Crippen molar-refractivity contribution in [1.82, 2.24) is 14.9 Å². The molecule has 32 heavy (non-hydrogen) atoms. The highest BCUT2D eigenvalue weighted by Gasteiger charge is 2.33. The molecular weight excluding hydrogens is 425 g/mol. The predicted octanol–water partition coefficient (Wildman–Crippen LogP) is 4.39. The maximum Gasteiger partial charge on any atom is 0.433 e. The van der Waals surface area contributed by atoms with Gasteiger partial charge in [-0.25, -0.2) is 9.97 Å². The largest absolute Gasteiger partial charge is 0.489 e. The fourth-order valence-corrected chi connectivity index (χ4v) is 3.73. The number of aromatic nitrogens is 2. The number of likely N-dealkylation sites (tertiary alicyclic amines) is 1. The molecule has 0 saturated carbocycles. The van der Waals surface area contributed by atoms with Gasteiger partial charge in [0, 0.05) is 24.0 Å². The van der Waals surface area contributed by atoms with E-state index in [0.717, 1.165) is 18.9 Å². The van der Waals surface area contributed by atoms with E-state index in [-0.39, 0.29) is 47.2 Å². The molecule has 2 N–H and O–H groups in total. The number of amides is 1. The van der Waals surface area contributed by atoms with Crippen LogP contribution in [0.15, 0.2) is 28.7 Å². The lowest BCUT2D eigenvalue weighted by Crippen LogP contribution is -2.29. The van der Waals surface area contributed by atoms with Gasteiger partial charge in [0.2, 0.25) is 5.89 Å². The lowest BCUT2D eigenvalue weighted by Gasteiger charge is -2.15. The first-order valence-electron chi connectivity index (χ1n) is 10.4. The molecule has 170 valence electrons. The van der Waals surface area contributed by atoms with Crippen molar-refractivity contribution in [3.8, 4) is 17.2 Å². The lowest BCUT2D eigenvalue weighted by molar-refractivity contribution is -0.140. The molecular formula is C22H23F3N4O3. The fourth-order valence-electron chi connectivity index (χ4n) is 3.73. The second kappa shape index (κ2) is 8.42. The third kappa shape index (κ3) is 4.14. The maximum atomic E-state index is 13.3. The number of hydrogen-bond donors (Lipinski definition) is 1. The highest BCUT2D eigenvalue weighted by molar-refractivity contribution is 5.98. The van der Waals surface area contributed by atoms with Gasteiger partial charge in [-0.05, 0) is 51.0 Å². The number of benzene rings is 1. The molecule has 4 rings (SSSR count). The van der Waals surface area contributed by atoms with E-state index in [4.69, 9.17) is 14.9 Å². The van der Waals surface area contributed by atoms with Crippen LogP contribution in [0.2, 0.25) is 0 Å². The van der Waals surface area contributed by atoms with Gasteiger partial charge in [-0.2, -0.15) is 13.2 Å². The van der Waals surface area contributed by atoms with Gasteiger partial charge in [-0.3, -0.25) is 4.79 Å². The van der Waals surface area contributed by atoms with E-state index < -0.39 is 11.9 Å². The Hall–Kier alpha value is -3.14. The minimum Gasteiger partial charge on any atom is -0.489 e. The first-order valence-corrected chi connectivity index (χ1v) is 10.4. The number of fused-ring (bicyclic) bond motifs is 1. The van der Waals surface area contributed by atoms with Crippen molar-refractivity contribution in [3.63, 3.8) is 0 Å². The number of halogens is 3. The van der Waals surface area contributed by atoms with Crippen LogP contribution in [0.3, 0.4) is 0 Å². The van der Waals surface area contributed by atoms with Gasteiger partial charge >= 0.3 is 6.18 Å². The average molecular weight is 448 g/mol. The number of carbonyl (C=O) groups excluding carboxylic acids is 1. The summed E-state index contributed by atoms with van der Waals surface area (Å²) in [5.74, 6) is 0.270. The molecule has 7 nitrogen and oxygen atoms in total. The molecule has 3 heterocycles.